The molecule has 1 atom stereocenters. The number of carbonyl (C=O) groups is 1. The summed E-state index contributed by atoms with van der Waals surface area (Å²) in [6, 6.07) is 4.83. The minimum Gasteiger partial charge on any atom is -0.492 e. The molecule has 1 unspecified atom stereocenters. The van der Waals surface area contributed by atoms with Crippen molar-refractivity contribution in [2.45, 2.75) is 6.42 Å². The Morgan fingerprint density at radius 1 is 1.53 bits per heavy atom. The van der Waals surface area contributed by atoms with Gasteiger partial charge in [-0.25, -0.2) is 0 Å². The molecule has 1 aromatic rings. The van der Waals surface area contributed by atoms with Crippen LogP contribution in [0.2, 0.25) is 0 Å². The number of rotatable bonds is 4. The van der Waals surface area contributed by atoms with Crippen molar-refractivity contribution in [3.8, 4) is 5.75 Å². The van der Waals surface area contributed by atoms with Crippen LogP contribution >= 0.6 is 0 Å². The van der Waals surface area contributed by atoms with E-state index in [1.807, 2.05) is 0 Å². The highest BCUT2D eigenvalue weighted by atomic mass is 16.5. The molecular weight excluding hydrogens is 220 g/mol. The Morgan fingerprint density at radius 3 is 3.00 bits per heavy atom. The predicted molar refractivity (Wildman–Crippen MR) is 63.8 cm³/mol. The van der Waals surface area contributed by atoms with Crippen LogP contribution in [0.1, 0.15) is 16.8 Å². The summed E-state index contributed by atoms with van der Waals surface area (Å²) in [4.78, 5) is 11.2. The Balaban J connectivity index is 2.07. The summed E-state index contributed by atoms with van der Waals surface area (Å²) >= 11 is 0. The maximum atomic E-state index is 11.2. The van der Waals surface area contributed by atoms with Gasteiger partial charge in [-0.05, 0) is 18.6 Å². The van der Waals surface area contributed by atoms with E-state index in [0.717, 1.165) is 13.0 Å². The normalized spacial score (nSPS) is 19.2. The van der Waals surface area contributed by atoms with E-state index in [1.165, 1.54) is 0 Å². The van der Waals surface area contributed by atoms with Crippen LogP contribution in [0.4, 0.5) is 5.69 Å². The van der Waals surface area contributed by atoms with Crippen LogP contribution in [-0.4, -0.2) is 25.7 Å². The van der Waals surface area contributed by atoms with E-state index in [-0.39, 0.29) is 0 Å². The lowest BCUT2D eigenvalue weighted by molar-refractivity contribution is 0.0995. The van der Waals surface area contributed by atoms with Crippen LogP contribution in [0, 0.1) is 5.92 Å². The van der Waals surface area contributed by atoms with Gasteiger partial charge in [-0.15, -0.1) is 0 Å². The van der Waals surface area contributed by atoms with Crippen molar-refractivity contribution in [3.63, 3.8) is 0 Å². The van der Waals surface area contributed by atoms with E-state index in [0.29, 0.717) is 36.1 Å². The van der Waals surface area contributed by atoms with Gasteiger partial charge in [-0.1, -0.05) is 0 Å². The number of hydrogen-bond donors (Lipinski definition) is 2. The monoisotopic (exact) mass is 236 g/mol. The molecule has 1 heterocycles. The van der Waals surface area contributed by atoms with Crippen LogP contribution in [0.25, 0.3) is 0 Å². The zero-order chi connectivity index (χ0) is 12.3. The number of primary amides is 1. The van der Waals surface area contributed by atoms with Gasteiger partial charge in [0, 0.05) is 24.3 Å². The summed E-state index contributed by atoms with van der Waals surface area (Å²) in [5.74, 6) is 0.309. The summed E-state index contributed by atoms with van der Waals surface area (Å²) in [7, 11) is 0. The van der Waals surface area contributed by atoms with E-state index < -0.39 is 5.91 Å². The molecule has 0 radical (unpaired) electrons. The van der Waals surface area contributed by atoms with E-state index in [1.54, 1.807) is 18.2 Å². The Hall–Kier alpha value is -1.75. The molecule has 0 aliphatic carbocycles. The SMILES string of the molecule is NC(=O)c1ccc(N)cc1OCC1CCOC1. The molecule has 1 fully saturated rings. The summed E-state index contributed by atoms with van der Waals surface area (Å²) in [6.45, 7) is 1.99. The second kappa shape index (κ2) is 5.05. The maximum absolute atomic E-state index is 11.2. The van der Waals surface area contributed by atoms with E-state index in [4.69, 9.17) is 20.9 Å². The molecule has 1 saturated heterocycles. The fourth-order valence-corrected chi connectivity index (χ4v) is 1.78. The van der Waals surface area contributed by atoms with Crippen molar-refractivity contribution in [2.24, 2.45) is 11.7 Å². The van der Waals surface area contributed by atoms with Crippen molar-refractivity contribution < 1.29 is 14.3 Å². The molecule has 0 spiro atoms. The number of carbonyl (C=O) groups excluding carboxylic acids is 1. The predicted octanol–water partition coefficient (Wildman–Crippen LogP) is 0.783. The lowest BCUT2D eigenvalue weighted by Gasteiger charge is -2.13. The zero-order valence-corrected chi connectivity index (χ0v) is 9.52. The third kappa shape index (κ3) is 2.88. The first-order chi connectivity index (χ1) is 8.16. The number of amides is 1. The van der Waals surface area contributed by atoms with Gasteiger partial charge < -0.3 is 20.9 Å². The molecule has 5 nitrogen and oxygen atoms in total. The average Bonchev–Trinajstić information content (AvgIpc) is 2.78. The molecule has 0 aromatic heterocycles. The molecule has 5 heteroatoms. The highest BCUT2D eigenvalue weighted by molar-refractivity contribution is 5.96. The van der Waals surface area contributed by atoms with E-state index >= 15 is 0 Å². The van der Waals surface area contributed by atoms with Gasteiger partial charge in [0.25, 0.3) is 5.91 Å². The van der Waals surface area contributed by atoms with Crippen LogP contribution in [0.5, 0.6) is 5.75 Å². The van der Waals surface area contributed by atoms with Crippen LogP contribution in [-0.2, 0) is 4.74 Å². The molecule has 4 N–H and O–H groups in total. The first-order valence-corrected chi connectivity index (χ1v) is 5.56. The fraction of sp³-hybridized carbons (Fsp3) is 0.417. The molecular formula is C12H16N2O3. The minimum absolute atomic E-state index is 0.359. The first kappa shape index (κ1) is 11.7. The zero-order valence-electron chi connectivity index (χ0n) is 9.52. The molecule has 2 rings (SSSR count). The average molecular weight is 236 g/mol. The van der Waals surface area contributed by atoms with Gasteiger partial charge in [-0.3, -0.25) is 4.79 Å². The van der Waals surface area contributed by atoms with Crippen LogP contribution in [0.3, 0.4) is 0 Å². The molecule has 0 bridgehead atoms. The van der Waals surface area contributed by atoms with Gasteiger partial charge in [0.05, 0.1) is 18.8 Å². The summed E-state index contributed by atoms with van der Waals surface area (Å²) in [5.41, 5.74) is 11.8. The molecule has 1 aliphatic rings. The van der Waals surface area contributed by atoms with Crippen LogP contribution in [0.15, 0.2) is 18.2 Å². The van der Waals surface area contributed by atoms with Gasteiger partial charge >= 0.3 is 0 Å². The van der Waals surface area contributed by atoms with Crippen LogP contribution < -0.4 is 16.2 Å². The quantitative estimate of drug-likeness (QED) is 0.756. The number of hydrogen-bond acceptors (Lipinski definition) is 4. The van der Waals surface area contributed by atoms with Crippen molar-refractivity contribution in [1.82, 2.24) is 0 Å². The molecule has 1 amide bonds. The smallest absolute Gasteiger partial charge is 0.252 e. The minimum atomic E-state index is -0.511. The Labute approximate surface area is 99.7 Å². The number of benzene rings is 1. The highest BCUT2D eigenvalue weighted by Crippen LogP contribution is 2.23. The lowest BCUT2D eigenvalue weighted by atomic mass is 10.1. The van der Waals surface area contributed by atoms with Crippen molar-refractivity contribution in [1.29, 1.82) is 0 Å². The highest BCUT2D eigenvalue weighted by Gasteiger charge is 2.17. The van der Waals surface area contributed by atoms with Crippen molar-refractivity contribution in [3.05, 3.63) is 23.8 Å². The van der Waals surface area contributed by atoms with Crippen molar-refractivity contribution in [2.75, 3.05) is 25.6 Å². The third-order valence-corrected chi connectivity index (χ3v) is 2.77. The molecule has 17 heavy (non-hydrogen) atoms. The number of ether oxygens (including phenoxy) is 2. The number of nitrogens with two attached hydrogens (primary N) is 2. The fourth-order valence-electron chi connectivity index (χ4n) is 1.78. The van der Waals surface area contributed by atoms with Gasteiger partial charge in [0.1, 0.15) is 5.75 Å². The standard InChI is InChI=1S/C12H16N2O3/c13-9-1-2-10(12(14)15)11(5-9)17-7-8-3-4-16-6-8/h1-2,5,8H,3-4,6-7,13H2,(H2,14,15). The molecule has 1 aromatic carbocycles. The molecule has 0 saturated carbocycles. The van der Waals surface area contributed by atoms with Gasteiger partial charge in [0.15, 0.2) is 0 Å². The summed E-state index contributed by atoms with van der Waals surface area (Å²) < 4.78 is 10.9. The second-order valence-electron chi connectivity index (χ2n) is 4.16. The van der Waals surface area contributed by atoms with Gasteiger partial charge in [-0.2, -0.15) is 0 Å². The maximum Gasteiger partial charge on any atom is 0.252 e. The topological polar surface area (TPSA) is 87.6 Å². The van der Waals surface area contributed by atoms with Gasteiger partial charge in [0.2, 0.25) is 0 Å². The molecule has 92 valence electrons. The summed E-state index contributed by atoms with van der Waals surface area (Å²) in [6.07, 6.45) is 0.980. The Bertz CT molecular complexity index is 414. The first-order valence-electron chi connectivity index (χ1n) is 5.56. The third-order valence-electron chi connectivity index (χ3n) is 2.77. The number of anilines is 1. The van der Waals surface area contributed by atoms with E-state index in [9.17, 15) is 4.79 Å². The molecule has 1 aliphatic heterocycles. The Kier molecular flexibility index (Phi) is 3.49. The number of nitrogen functional groups attached to an aromatic ring is 1. The van der Waals surface area contributed by atoms with Crippen molar-refractivity contribution >= 4 is 11.6 Å². The van der Waals surface area contributed by atoms with E-state index in [2.05, 4.69) is 0 Å². The largest absolute Gasteiger partial charge is 0.492 e. The lowest BCUT2D eigenvalue weighted by Crippen LogP contribution is -2.16. The summed E-state index contributed by atoms with van der Waals surface area (Å²) in [5, 5.41) is 0. The second-order valence-corrected chi connectivity index (χ2v) is 4.16. The Morgan fingerprint density at radius 2 is 2.35 bits per heavy atom.